The predicted molar refractivity (Wildman–Crippen MR) is 87.5 cm³/mol. The lowest BCUT2D eigenvalue weighted by Gasteiger charge is -2.20. The van der Waals surface area contributed by atoms with Crippen molar-refractivity contribution in [2.75, 3.05) is 25.0 Å². The molecular formula is C16H28N4O. The third-order valence-electron chi connectivity index (χ3n) is 3.59. The quantitative estimate of drug-likeness (QED) is 0.733. The van der Waals surface area contributed by atoms with Crippen LogP contribution < -0.4 is 11.1 Å². The van der Waals surface area contributed by atoms with Gasteiger partial charge in [0.2, 0.25) is 0 Å². The maximum atomic E-state index is 12.3. The second-order valence-electron chi connectivity index (χ2n) is 5.13. The molecular weight excluding hydrogens is 264 g/mol. The van der Waals surface area contributed by atoms with Crippen molar-refractivity contribution in [3.8, 4) is 0 Å². The summed E-state index contributed by atoms with van der Waals surface area (Å²) < 4.78 is 0. The molecule has 0 aromatic carbocycles. The average Bonchev–Trinajstić information content (AvgIpc) is 2.52. The van der Waals surface area contributed by atoms with E-state index in [9.17, 15) is 4.79 Å². The second kappa shape index (κ2) is 9.34. The Kier molecular flexibility index (Phi) is 7.75. The summed E-state index contributed by atoms with van der Waals surface area (Å²) in [4.78, 5) is 18.3. The van der Waals surface area contributed by atoms with Crippen molar-refractivity contribution in [3.05, 3.63) is 24.0 Å². The van der Waals surface area contributed by atoms with Crippen LogP contribution in [-0.4, -0.2) is 41.5 Å². The Morgan fingerprint density at radius 2 is 2.10 bits per heavy atom. The molecule has 0 fully saturated rings. The fourth-order valence-electron chi connectivity index (χ4n) is 2.25. The van der Waals surface area contributed by atoms with Crippen LogP contribution >= 0.6 is 0 Å². The molecule has 0 spiro atoms. The highest BCUT2D eigenvalue weighted by molar-refractivity contribution is 5.93. The zero-order valence-electron chi connectivity index (χ0n) is 13.4. The van der Waals surface area contributed by atoms with Crippen molar-refractivity contribution in [1.82, 2.24) is 9.88 Å². The first-order valence-corrected chi connectivity index (χ1v) is 7.88. The molecule has 5 nitrogen and oxygen atoms in total. The molecule has 1 aromatic rings. The number of carbonyl (C=O) groups is 1. The highest BCUT2D eigenvalue weighted by Gasteiger charge is 2.15. The molecule has 1 rings (SSSR count). The molecule has 118 valence electrons. The predicted octanol–water partition coefficient (Wildman–Crippen LogP) is 2.49. The number of nitrogens with two attached hydrogens (primary N) is 1. The van der Waals surface area contributed by atoms with E-state index in [1.165, 1.54) is 0 Å². The molecule has 1 amide bonds. The number of nitrogens with zero attached hydrogens (tertiary/aromatic N) is 2. The van der Waals surface area contributed by atoms with E-state index >= 15 is 0 Å². The summed E-state index contributed by atoms with van der Waals surface area (Å²) in [5.41, 5.74) is 7.19. The number of hydrogen-bond acceptors (Lipinski definition) is 4. The normalized spacial score (nSPS) is 12.0. The highest BCUT2D eigenvalue weighted by atomic mass is 16.2. The van der Waals surface area contributed by atoms with Gasteiger partial charge in [0.05, 0.1) is 0 Å². The van der Waals surface area contributed by atoms with Gasteiger partial charge in [-0.1, -0.05) is 19.8 Å². The van der Waals surface area contributed by atoms with Gasteiger partial charge in [-0.3, -0.25) is 9.78 Å². The van der Waals surface area contributed by atoms with Crippen LogP contribution in [0, 0.1) is 0 Å². The third-order valence-corrected chi connectivity index (χ3v) is 3.59. The molecule has 1 heterocycles. The minimum atomic E-state index is -0.0264. The molecule has 0 saturated heterocycles. The molecule has 3 N–H and O–H groups in total. The molecule has 0 aliphatic rings. The number of nitrogens with one attached hydrogen (secondary N) is 1. The van der Waals surface area contributed by atoms with Crippen molar-refractivity contribution in [2.24, 2.45) is 5.73 Å². The molecule has 1 unspecified atom stereocenters. The van der Waals surface area contributed by atoms with E-state index in [-0.39, 0.29) is 11.9 Å². The number of pyridine rings is 1. The monoisotopic (exact) mass is 292 g/mol. The van der Waals surface area contributed by atoms with Crippen LogP contribution in [-0.2, 0) is 0 Å². The maximum Gasteiger partial charge on any atom is 0.272 e. The van der Waals surface area contributed by atoms with Crippen LogP contribution in [0.2, 0.25) is 0 Å². The van der Waals surface area contributed by atoms with Crippen LogP contribution in [0.15, 0.2) is 18.3 Å². The van der Waals surface area contributed by atoms with Gasteiger partial charge in [0, 0.05) is 37.6 Å². The summed E-state index contributed by atoms with van der Waals surface area (Å²) in [6.07, 6.45) is 5.01. The van der Waals surface area contributed by atoms with Gasteiger partial charge in [-0.2, -0.15) is 0 Å². The summed E-state index contributed by atoms with van der Waals surface area (Å²) >= 11 is 0. The molecule has 0 aliphatic carbocycles. The lowest BCUT2D eigenvalue weighted by atomic mass is 10.1. The minimum Gasteiger partial charge on any atom is -0.381 e. The maximum absolute atomic E-state index is 12.3. The largest absolute Gasteiger partial charge is 0.381 e. The summed E-state index contributed by atoms with van der Waals surface area (Å²) in [6.45, 7) is 8.08. The van der Waals surface area contributed by atoms with Gasteiger partial charge in [0.15, 0.2) is 0 Å². The first-order valence-electron chi connectivity index (χ1n) is 7.88. The fraction of sp³-hybridized carbons (Fsp3) is 0.625. The van der Waals surface area contributed by atoms with Crippen molar-refractivity contribution in [1.29, 1.82) is 0 Å². The number of aromatic nitrogens is 1. The lowest BCUT2D eigenvalue weighted by molar-refractivity contribution is 0.0767. The molecule has 1 atom stereocenters. The first kappa shape index (κ1) is 17.4. The fourth-order valence-corrected chi connectivity index (χ4v) is 2.25. The van der Waals surface area contributed by atoms with Crippen LogP contribution in [0.5, 0.6) is 0 Å². The van der Waals surface area contributed by atoms with Crippen LogP contribution in [0.4, 0.5) is 5.69 Å². The smallest absolute Gasteiger partial charge is 0.272 e. The van der Waals surface area contributed by atoms with E-state index in [0.29, 0.717) is 25.3 Å². The van der Waals surface area contributed by atoms with Crippen molar-refractivity contribution in [2.45, 2.75) is 46.1 Å². The Bertz CT molecular complexity index is 432. The molecule has 0 radical (unpaired) electrons. The summed E-state index contributed by atoms with van der Waals surface area (Å²) in [5, 5.41) is 3.40. The molecule has 21 heavy (non-hydrogen) atoms. The molecule has 0 saturated carbocycles. The van der Waals surface area contributed by atoms with Crippen LogP contribution in [0.3, 0.4) is 0 Å². The SMILES string of the molecule is CCCCC(CN)Nc1ccnc(C(=O)N(CC)CC)c1. The molecule has 1 aromatic heterocycles. The van der Waals surface area contributed by atoms with Gasteiger partial charge in [0.25, 0.3) is 5.91 Å². The van der Waals surface area contributed by atoms with Crippen LogP contribution in [0.1, 0.15) is 50.5 Å². The zero-order chi connectivity index (χ0) is 15.7. The molecule has 0 aliphatic heterocycles. The van der Waals surface area contributed by atoms with E-state index < -0.39 is 0 Å². The topological polar surface area (TPSA) is 71.2 Å². The number of anilines is 1. The Labute approximate surface area is 127 Å². The minimum absolute atomic E-state index is 0.0264. The van der Waals surface area contributed by atoms with Gasteiger partial charge in [0.1, 0.15) is 5.69 Å². The molecule has 5 heteroatoms. The van der Waals surface area contributed by atoms with Crippen molar-refractivity contribution in [3.63, 3.8) is 0 Å². The summed E-state index contributed by atoms with van der Waals surface area (Å²) in [6, 6.07) is 3.94. The van der Waals surface area contributed by atoms with E-state index in [0.717, 1.165) is 24.9 Å². The number of rotatable bonds is 9. The number of carbonyl (C=O) groups excluding carboxylic acids is 1. The Morgan fingerprint density at radius 1 is 1.38 bits per heavy atom. The van der Waals surface area contributed by atoms with Gasteiger partial charge < -0.3 is 16.0 Å². The first-order chi connectivity index (χ1) is 10.2. The highest BCUT2D eigenvalue weighted by Crippen LogP contribution is 2.13. The van der Waals surface area contributed by atoms with Gasteiger partial charge in [-0.15, -0.1) is 0 Å². The molecule has 0 bridgehead atoms. The van der Waals surface area contributed by atoms with Gasteiger partial charge >= 0.3 is 0 Å². The van der Waals surface area contributed by atoms with Crippen LogP contribution in [0.25, 0.3) is 0 Å². The van der Waals surface area contributed by atoms with E-state index in [4.69, 9.17) is 5.73 Å². The van der Waals surface area contributed by atoms with Crippen molar-refractivity contribution < 1.29 is 4.79 Å². The number of hydrogen-bond donors (Lipinski definition) is 2. The number of amides is 1. The summed E-state index contributed by atoms with van der Waals surface area (Å²) in [7, 11) is 0. The lowest BCUT2D eigenvalue weighted by Crippen LogP contribution is -2.31. The Balaban J connectivity index is 2.77. The summed E-state index contributed by atoms with van der Waals surface area (Å²) in [5.74, 6) is -0.0264. The van der Waals surface area contributed by atoms with Gasteiger partial charge in [-0.25, -0.2) is 0 Å². The average molecular weight is 292 g/mol. The van der Waals surface area contributed by atoms with Gasteiger partial charge in [-0.05, 0) is 32.4 Å². The standard InChI is InChI=1S/C16H28N4O/c1-4-7-8-14(12-17)19-13-9-10-18-15(11-13)16(21)20(5-2)6-3/h9-11,14H,4-8,12,17H2,1-3H3,(H,18,19). The Hall–Kier alpha value is -1.62. The Morgan fingerprint density at radius 3 is 2.67 bits per heavy atom. The van der Waals surface area contributed by atoms with E-state index in [1.807, 2.05) is 26.0 Å². The van der Waals surface area contributed by atoms with E-state index in [1.54, 1.807) is 11.1 Å². The second-order valence-corrected chi connectivity index (χ2v) is 5.13. The zero-order valence-corrected chi connectivity index (χ0v) is 13.4. The third kappa shape index (κ3) is 5.34. The van der Waals surface area contributed by atoms with Crippen molar-refractivity contribution >= 4 is 11.6 Å². The number of unbranched alkanes of at least 4 members (excludes halogenated alkanes) is 1. The van der Waals surface area contributed by atoms with E-state index in [2.05, 4.69) is 17.2 Å².